The van der Waals surface area contributed by atoms with Crippen molar-refractivity contribution in [3.05, 3.63) is 121 Å². The third-order valence-electron chi connectivity index (χ3n) is 11.1. The molecule has 3 aromatic carbocycles. The standard InChI is InChI=1S/C43H39ClFN5O9/c1-4-43(56)31-15-35-38-29(18-50(35)40(53)30(31)20-57-41(43)54)28(27-14-32(44)33(45)16-34(27)48-38)17-46-36(51)13-22(2)58-21-47-37(52)19-49(3)42(55)59-39-25-11-7-5-9-23(25)24-10-6-8-12-26(24)39/h5-12,14-16,22,39,56H,4,13,17-21H2,1-3H3,(H,46,51)(H,47,52)/t22-,43-/m0/s1. The number of carbonyl (C=O) groups excluding carboxylic acids is 4. The van der Waals surface area contributed by atoms with Gasteiger partial charge in [-0.15, -0.1) is 0 Å². The molecule has 304 valence electrons. The van der Waals surface area contributed by atoms with Crippen molar-refractivity contribution in [1.29, 1.82) is 0 Å². The van der Waals surface area contributed by atoms with Crippen molar-refractivity contribution in [2.45, 2.75) is 64.2 Å². The van der Waals surface area contributed by atoms with Gasteiger partial charge in [0, 0.05) is 47.3 Å². The number of hydrogen-bond acceptors (Lipinski definition) is 10. The molecule has 0 radical (unpaired) electrons. The minimum absolute atomic E-state index is 0.0321. The molecule has 0 saturated heterocycles. The van der Waals surface area contributed by atoms with E-state index in [0.29, 0.717) is 27.9 Å². The van der Waals surface area contributed by atoms with Gasteiger partial charge in [0.15, 0.2) is 11.7 Å². The van der Waals surface area contributed by atoms with E-state index in [-0.39, 0.29) is 67.5 Å². The lowest BCUT2D eigenvalue weighted by Crippen LogP contribution is -2.44. The second-order valence-electron chi connectivity index (χ2n) is 14.8. The van der Waals surface area contributed by atoms with Crippen molar-refractivity contribution in [1.82, 2.24) is 25.1 Å². The van der Waals surface area contributed by atoms with Crippen LogP contribution in [-0.2, 0) is 53.9 Å². The number of aromatic nitrogens is 2. The first-order chi connectivity index (χ1) is 28.3. The van der Waals surface area contributed by atoms with E-state index in [2.05, 4.69) is 15.6 Å². The number of ether oxygens (including phenoxy) is 3. The third-order valence-corrected chi connectivity index (χ3v) is 11.4. The van der Waals surface area contributed by atoms with Gasteiger partial charge < -0.3 is 39.4 Å². The van der Waals surface area contributed by atoms with E-state index >= 15 is 0 Å². The van der Waals surface area contributed by atoms with E-state index in [1.807, 2.05) is 48.5 Å². The zero-order valence-corrected chi connectivity index (χ0v) is 33.0. The number of nitrogens with one attached hydrogen (secondary N) is 2. The molecule has 59 heavy (non-hydrogen) atoms. The lowest BCUT2D eigenvalue weighted by atomic mass is 9.86. The third kappa shape index (κ3) is 7.08. The van der Waals surface area contributed by atoms with Gasteiger partial charge in [-0.25, -0.2) is 19.0 Å². The second-order valence-corrected chi connectivity index (χ2v) is 15.2. The molecule has 0 fully saturated rings. The molecule has 2 aromatic heterocycles. The molecule has 8 rings (SSSR count). The normalized spacial score (nSPS) is 16.6. The van der Waals surface area contributed by atoms with E-state index in [1.54, 1.807) is 19.9 Å². The molecule has 0 bridgehead atoms. The first kappa shape index (κ1) is 39.7. The van der Waals surface area contributed by atoms with Gasteiger partial charge in [-0.2, -0.15) is 0 Å². The maximum absolute atomic E-state index is 14.7. The van der Waals surface area contributed by atoms with E-state index < -0.39 is 53.1 Å². The predicted octanol–water partition coefficient (Wildman–Crippen LogP) is 5.20. The molecule has 5 aromatic rings. The van der Waals surface area contributed by atoms with Gasteiger partial charge in [0.05, 0.1) is 46.6 Å². The Morgan fingerprint density at radius 3 is 2.44 bits per heavy atom. The number of esters is 1. The Labute approximate surface area is 341 Å². The molecule has 16 heteroatoms. The Morgan fingerprint density at radius 1 is 1.05 bits per heavy atom. The Balaban J connectivity index is 0.889. The summed E-state index contributed by atoms with van der Waals surface area (Å²) in [7, 11) is 1.46. The van der Waals surface area contributed by atoms with E-state index in [9.17, 15) is 33.5 Å². The number of cyclic esters (lactones) is 1. The van der Waals surface area contributed by atoms with Crippen LogP contribution in [0.4, 0.5) is 9.18 Å². The van der Waals surface area contributed by atoms with Gasteiger partial charge in [0.25, 0.3) is 5.56 Å². The number of nitrogens with zero attached hydrogens (tertiary/aromatic N) is 3. The number of carbonyl (C=O) groups is 4. The Kier molecular flexibility index (Phi) is 10.4. The highest BCUT2D eigenvalue weighted by Gasteiger charge is 2.45. The summed E-state index contributed by atoms with van der Waals surface area (Å²) in [6.45, 7) is 2.44. The Morgan fingerprint density at radius 2 is 1.75 bits per heavy atom. The van der Waals surface area contributed by atoms with Crippen LogP contribution < -0.4 is 16.2 Å². The first-order valence-corrected chi connectivity index (χ1v) is 19.4. The maximum atomic E-state index is 14.7. The number of likely N-dealkylation sites (N-methyl/N-ethyl adjacent to an activating group) is 1. The summed E-state index contributed by atoms with van der Waals surface area (Å²) in [4.78, 5) is 71.2. The summed E-state index contributed by atoms with van der Waals surface area (Å²) in [6.07, 6.45) is -2.04. The van der Waals surface area contributed by atoms with Crippen LogP contribution in [0.2, 0.25) is 5.02 Å². The lowest BCUT2D eigenvalue weighted by Gasteiger charge is -2.31. The van der Waals surface area contributed by atoms with Crippen molar-refractivity contribution in [3.63, 3.8) is 0 Å². The number of aliphatic hydroxyl groups is 1. The van der Waals surface area contributed by atoms with Crippen LogP contribution in [0.25, 0.3) is 33.4 Å². The SMILES string of the molecule is CC[C@@]1(O)C(=O)OCc2c1cc1n(c2=O)Cc2c-1nc1cc(F)c(Cl)cc1c2CNC(=O)C[C@H](C)OCNC(=O)CN(C)C(=O)OC1c2ccccc2-c2ccccc21. The summed E-state index contributed by atoms with van der Waals surface area (Å²) in [5.41, 5.74) is 3.50. The molecule has 0 spiro atoms. The summed E-state index contributed by atoms with van der Waals surface area (Å²) in [6, 6.07) is 19.5. The van der Waals surface area contributed by atoms with Crippen LogP contribution in [0.5, 0.6) is 0 Å². The molecule has 3 amide bonds. The van der Waals surface area contributed by atoms with Crippen LogP contribution in [0.3, 0.4) is 0 Å². The van der Waals surface area contributed by atoms with Gasteiger partial charge >= 0.3 is 12.1 Å². The number of benzene rings is 3. The highest BCUT2D eigenvalue weighted by atomic mass is 35.5. The van der Waals surface area contributed by atoms with Gasteiger partial charge in [-0.3, -0.25) is 14.4 Å². The molecule has 14 nitrogen and oxygen atoms in total. The van der Waals surface area contributed by atoms with Gasteiger partial charge in [0.2, 0.25) is 11.8 Å². The number of halogens is 2. The molecule has 4 heterocycles. The fourth-order valence-electron chi connectivity index (χ4n) is 7.97. The van der Waals surface area contributed by atoms with E-state index in [1.165, 1.54) is 28.6 Å². The van der Waals surface area contributed by atoms with Crippen LogP contribution in [0.15, 0.2) is 71.5 Å². The first-order valence-electron chi connectivity index (χ1n) is 19.0. The molecule has 3 N–H and O–H groups in total. The lowest BCUT2D eigenvalue weighted by molar-refractivity contribution is -0.172. The largest absolute Gasteiger partial charge is 0.458 e. The van der Waals surface area contributed by atoms with Crippen molar-refractivity contribution in [2.75, 3.05) is 20.3 Å². The van der Waals surface area contributed by atoms with Crippen LogP contribution in [0.1, 0.15) is 66.2 Å². The minimum atomic E-state index is -2.03. The number of hydrogen-bond donors (Lipinski definition) is 3. The topological polar surface area (TPSA) is 178 Å². The Bertz CT molecular complexity index is 2610. The zero-order chi connectivity index (χ0) is 41.7. The molecule has 0 saturated carbocycles. The Hall–Kier alpha value is -6.16. The number of amides is 3. The monoisotopic (exact) mass is 823 g/mol. The molecule has 2 atom stereocenters. The molecule has 0 unspecified atom stereocenters. The minimum Gasteiger partial charge on any atom is -0.458 e. The van der Waals surface area contributed by atoms with Crippen LogP contribution in [-0.4, -0.2) is 69.9 Å². The van der Waals surface area contributed by atoms with Gasteiger partial charge in [-0.1, -0.05) is 67.1 Å². The van der Waals surface area contributed by atoms with E-state index in [4.69, 9.17) is 25.8 Å². The average molecular weight is 824 g/mol. The van der Waals surface area contributed by atoms with Crippen LogP contribution >= 0.6 is 11.6 Å². The van der Waals surface area contributed by atoms with Crippen molar-refractivity contribution in [3.8, 4) is 22.5 Å². The maximum Gasteiger partial charge on any atom is 0.410 e. The second kappa shape index (κ2) is 15.5. The average Bonchev–Trinajstić information content (AvgIpc) is 3.74. The predicted molar refractivity (Wildman–Crippen MR) is 212 cm³/mol. The van der Waals surface area contributed by atoms with Crippen molar-refractivity contribution in [2.24, 2.45) is 0 Å². The zero-order valence-electron chi connectivity index (χ0n) is 32.3. The molecule has 3 aliphatic rings. The van der Waals surface area contributed by atoms with Gasteiger partial charge in [-0.05, 0) is 42.2 Å². The highest BCUT2D eigenvalue weighted by molar-refractivity contribution is 6.31. The summed E-state index contributed by atoms with van der Waals surface area (Å²) >= 11 is 6.19. The fraction of sp³-hybridized carbons (Fsp3) is 0.302. The summed E-state index contributed by atoms with van der Waals surface area (Å²) in [5.74, 6) is -2.47. The number of rotatable bonds is 11. The van der Waals surface area contributed by atoms with Crippen LogP contribution in [0, 0.1) is 5.82 Å². The van der Waals surface area contributed by atoms with Crippen molar-refractivity contribution >= 4 is 46.4 Å². The highest BCUT2D eigenvalue weighted by Crippen LogP contribution is 2.45. The molecule has 2 aliphatic heterocycles. The van der Waals surface area contributed by atoms with E-state index in [0.717, 1.165) is 22.3 Å². The summed E-state index contributed by atoms with van der Waals surface area (Å²) in [5, 5.41) is 17.0. The van der Waals surface area contributed by atoms with Gasteiger partial charge in [0.1, 0.15) is 25.7 Å². The quantitative estimate of drug-likeness (QED) is 0.116. The molecule has 1 aliphatic carbocycles. The number of pyridine rings is 2. The summed E-state index contributed by atoms with van der Waals surface area (Å²) < 4.78 is 32.9. The fourth-order valence-corrected chi connectivity index (χ4v) is 8.13. The van der Waals surface area contributed by atoms with Crippen molar-refractivity contribution < 1.29 is 42.9 Å². The molecular formula is C43H39ClFN5O9. The smallest absolute Gasteiger partial charge is 0.410 e. The number of fused-ring (bicyclic) bond motifs is 8. The molecular weight excluding hydrogens is 785 g/mol.